The largest absolute Gasteiger partial charge is 0.497 e. The van der Waals surface area contributed by atoms with Crippen molar-refractivity contribution in [3.05, 3.63) is 71.4 Å². The number of likely N-dealkylation sites (N-methyl/N-ethyl adjacent to an activating group) is 1. The molecule has 26 heavy (non-hydrogen) atoms. The molecular formula is C22H23NO3. The molecular weight excluding hydrogens is 326 g/mol. The second-order valence-electron chi connectivity index (χ2n) is 7.38. The van der Waals surface area contributed by atoms with E-state index < -0.39 is 6.10 Å². The number of anilines is 1. The Bertz CT molecular complexity index is 883. The van der Waals surface area contributed by atoms with Gasteiger partial charge in [-0.25, -0.2) is 0 Å². The molecule has 4 rings (SSSR count). The molecule has 0 unspecified atom stereocenters. The summed E-state index contributed by atoms with van der Waals surface area (Å²) >= 11 is 0. The van der Waals surface area contributed by atoms with Crippen LogP contribution in [-0.2, 0) is 14.9 Å². The smallest absolute Gasteiger partial charge is 0.189 e. The third-order valence-electron chi connectivity index (χ3n) is 5.44. The molecule has 0 saturated carbocycles. The fraction of sp³-hybridized carbons (Fsp3) is 0.318. The molecule has 2 aromatic rings. The zero-order valence-electron chi connectivity index (χ0n) is 15.5. The number of nitrogens with zero attached hydrogens (tertiary/aromatic N) is 1. The summed E-state index contributed by atoms with van der Waals surface area (Å²) in [5.74, 6) is 0.819. The van der Waals surface area contributed by atoms with E-state index in [0.29, 0.717) is 0 Å². The van der Waals surface area contributed by atoms with E-state index in [2.05, 4.69) is 30.9 Å². The average Bonchev–Trinajstić information content (AvgIpc) is 3.43. The number of ether oxygens (including phenoxy) is 2. The van der Waals surface area contributed by atoms with Crippen molar-refractivity contribution in [2.24, 2.45) is 0 Å². The normalized spacial score (nSPS) is 24.5. The molecule has 0 amide bonds. The Balaban J connectivity index is 1.55. The molecule has 134 valence electrons. The monoisotopic (exact) mass is 349 g/mol. The van der Waals surface area contributed by atoms with Gasteiger partial charge in [-0.15, -0.1) is 0 Å². The van der Waals surface area contributed by atoms with Crippen molar-refractivity contribution in [2.45, 2.75) is 31.5 Å². The average molecular weight is 349 g/mol. The molecule has 0 aromatic heterocycles. The van der Waals surface area contributed by atoms with E-state index in [1.807, 2.05) is 43.4 Å². The number of methoxy groups -OCH3 is 1. The van der Waals surface area contributed by atoms with Crippen LogP contribution >= 0.6 is 0 Å². The molecule has 0 bridgehead atoms. The zero-order valence-corrected chi connectivity index (χ0v) is 15.5. The van der Waals surface area contributed by atoms with Gasteiger partial charge in [0.25, 0.3) is 0 Å². The van der Waals surface area contributed by atoms with Crippen LogP contribution in [0.5, 0.6) is 5.75 Å². The summed E-state index contributed by atoms with van der Waals surface area (Å²) < 4.78 is 10.9. The van der Waals surface area contributed by atoms with Crippen molar-refractivity contribution >= 4 is 11.5 Å². The van der Waals surface area contributed by atoms with Gasteiger partial charge in [-0.3, -0.25) is 4.79 Å². The Hall–Kier alpha value is -2.59. The molecule has 2 aliphatic heterocycles. The lowest BCUT2D eigenvalue weighted by atomic mass is 9.83. The fourth-order valence-corrected chi connectivity index (χ4v) is 3.85. The van der Waals surface area contributed by atoms with Crippen LogP contribution in [0, 0.1) is 0 Å². The predicted octanol–water partition coefficient (Wildman–Crippen LogP) is 4.02. The molecule has 2 aliphatic rings. The Kier molecular flexibility index (Phi) is 3.88. The summed E-state index contributed by atoms with van der Waals surface area (Å²) in [6.45, 7) is 4.31. The van der Waals surface area contributed by atoms with Gasteiger partial charge >= 0.3 is 0 Å². The second-order valence-corrected chi connectivity index (χ2v) is 7.38. The first-order chi connectivity index (χ1) is 12.4. The highest BCUT2D eigenvalue weighted by Gasteiger charge is 2.46. The quantitative estimate of drug-likeness (QED) is 0.618. The first-order valence-electron chi connectivity index (χ1n) is 8.82. The molecule has 0 aliphatic carbocycles. The summed E-state index contributed by atoms with van der Waals surface area (Å²) in [5, 5.41) is 0. The van der Waals surface area contributed by atoms with Gasteiger partial charge in [-0.05, 0) is 29.3 Å². The highest BCUT2D eigenvalue weighted by Crippen LogP contribution is 2.47. The van der Waals surface area contributed by atoms with Gasteiger partial charge in [0.05, 0.1) is 7.11 Å². The summed E-state index contributed by atoms with van der Waals surface area (Å²) in [6, 6.07) is 16.0. The molecule has 4 heteroatoms. The first-order valence-corrected chi connectivity index (χ1v) is 8.82. The maximum Gasteiger partial charge on any atom is 0.189 e. The Morgan fingerprint density at radius 3 is 2.50 bits per heavy atom. The Labute approximate surface area is 154 Å². The van der Waals surface area contributed by atoms with E-state index in [0.717, 1.165) is 22.7 Å². The summed E-state index contributed by atoms with van der Waals surface area (Å²) in [6.07, 6.45) is 1.19. The van der Waals surface area contributed by atoms with E-state index in [9.17, 15) is 4.79 Å². The van der Waals surface area contributed by atoms with Gasteiger partial charge in [-0.1, -0.05) is 44.2 Å². The molecule has 0 N–H and O–H groups in total. The van der Waals surface area contributed by atoms with Crippen LogP contribution in [0.25, 0.3) is 0 Å². The molecule has 4 nitrogen and oxygen atoms in total. The highest BCUT2D eigenvalue weighted by molar-refractivity contribution is 5.98. The number of carbonyl (C=O) groups excluding carboxylic acids is 1. The summed E-state index contributed by atoms with van der Waals surface area (Å²) in [7, 11) is 3.65. The maximum absolute atomic E-state index is 12.8. The van der Waals surface area contributed by atoms with Crippen molar-refractivity contribution < 1.29 is 14.3 Å². The van der Waals surface area contributed by atoms with Crippen LogP contribution in [0.15, 0.2) is 60.3 Å². The number of para-hydroxylation sites is 1. The van der Waals surface area contributed by atoms with Gasteiger partial charge < -0.3 is 14.4 Å². The number of rotatable bonds is 4. The van der Waals surface area contributed by atoms with Crippen molar-refractivity contribution in [3.8, 4) is 5.75 Å². The molecule has 0 spiro atoms. The van der Waals surface area contributed by atoms with Gasteiger partial charge in [0.1, 0.15) is 11.9 Å². The number of benzene rings is 2. The molecule has 0 radical (unpaired) electrons. The van der Waals surface area contributed by atoms with Crippen molar-refractivity contribution in [1.82, 2.24) is 0 Å². The second kappa shape index (κ2) is 5.99. The number of allylic oxidation sites excluding steroid dienone is 1. The van der Waals surface area contributed by atoms with E-state index in [4.69, 9.17) is 9.47 Å². The van der Waals surface area contributed by atoms with Crippen molar-refractivity contribution in [1.29, 1.82) is 0 Å². The van der Waals surface area contributed by atoms with Gasteiger partial charge in [0.15, 0.2) is 11.9 Å². The van der Waals surface area contributed by atoms with E-state index in [1.54, 1.807) is 13.2 Å². The number of fused-ring (bicyclic) bond motifs is 1. The zero-order chi connectivity index (χ0) is 18.5. The van der Waals surface area contributed by atoms with Crippen LogP contribution in [0.3, 0.4) is 0 Å². The predicted molar refractivity (Wildman–Crippen MR) is 102 cm³/mol. The third kappa shape index (κ3) is 2.61. The highest BCUT2D eigenvalue weighted by atomic mass is 16.6. The number of ketones is 1. The fourth-order valence-electron chi connectivity index (χ4n) is 3.85. The van der Waals surface area contributed by atoms with Crippen LogP contribution in [0.2, 0.25) is 0 Å². The Morgan fingerprint density at radius 1 is 1.15 bits per heavy atom. The molecule has 1 saturated heterocycles. The van der Waals surface area contributed by atoms with Gasteiger partial charge in [0, 0.05) is 29.9 Å². The number of hydrogen-bond acceptors (Lipinski definition) is 4. The van der Waals surface area contributed by atoms with Gasteiger partial charge in [0.2, 0.25) is 0 Å². The SMILES string of the molecule is COc1ccc([C@H]2O[C@H]2C(=O)/C=C2/N(C)c3ccccc3C2(C)C)cc1. The lowest BCUT2D eigenvalue weighted by Crippen LogP contribution is -2.24. The minimum absolute atomic E-state index is 0.0218. The van der Waals surface area contributed by atoms with Crippen LogP contribution in [-0.4, -0.2) is 26.0 Å². The first kappa shape index (κ1) is 16.9. The molecule has 2 heterocycles. The minimum atomic E-state index is -0.399. The van der Waals surface area contributed by atoms with Crippen LogP contribution in [0.4, 0.5) is 5.69 Å². The van der Waals surface area contributed by atoms with E-state index in [-0.39, 0.29) is 17.3 Å². The summed E-state index contributed by atoms with van der Waals surface area (Å²) in [4.78, 5) is 14.9. The number of carbonyl (C=O) groups is 1. The lowest BCUT2D eigenvalue weighted by molar-refractivity contribution is -0.115. The minimum Gasteiger partial charge on any atom is -0.497 e. The number of epoxide rings is 1. The van der Waals surface area contributed by atoms with Crippen molar-refractivity contribution in [2.75, 3.05) is 19.1 Å². The summed E-state index contributed by atoms with van der Waals surface area (Å²) in [5.41, 5.74) is 4.20. The van der Waals surface area contributed by atoms with Crippen LogP contribution < -0.4 is 9.64 Å². The standard InChI is InChI=1S/C22H23NO3/c1-22(2)16-7-5-6-8-17(16)23(3)19(22)13-18(24)21-20(26-21)14-9-11-15(25-4)12-10-14/h5-13,20-21H,1-4H3/b19-13+/t20-,21+/m1/s1. The maximum atomic E-state index is 12.8. The topological polar surface area (TPSA) is 42.1 Å². The lowest BCUT2D eigenvalue weighted by Gasteiger charge is -2.23. The molecule has 2 atom stereocenters. The van der Waals surface area contributed by atoms with Crippen molar-refractivity contribution in [3.63, 3.8) is 0 Å². The molecule has 2 aromatic carbocycles. The van der Waals surface area contributed by atoms with Crippen LogP contribution in [0.1, 0.15) is 31.1 Å². The Morgan fingerprint density at radius 2 is 1.85 bits per heavy atom. The van der Waals surface area contributed by atoms with E-state index >= 15 is 0 Å². The number of hydrogen-bond donors (Lipinski definition) is 0. The van der Waals surface area contributed by atoms with E-state index in [1.165, 1.54) is 5.56 Å². The third-order valence-corrected chi connectivity index (χ3v) is 5.44. The van der Waals surface area contributed by atoms with Gasteiger partial charge in [-0.2, -0.15) is 0 Å². The molecule has 1 fully saturated rings.